The lowest BCUT2D eigenvalue weighted by Gasteiger charge is -2.07. The van der Waals surface area contributed by atoms with E-state index in [1.807, 2.05) is 44.2 Å². The van der Waals surface area contributed by atoms with Crippen LogP contribution in [0.3, 0.4) is 0 Å². The molecular formula is C19H24N2O3. The van der Waals surface area contributed by atoms with E-state index in [2.05, 4.69) is 10.1 Å². The zero-order valence-corrected chi connectivity index (χ0v) is 14.3. The molecule has 5 heteroatoms. The van der Waals surface area contributed by atoms with Crippen LogP contribution in [0.5, 0.6) is 5.75 Å². The molecule has 0 radical (unpaired) electrons. The molecule has 128 valence electrons. The van der Waals surface area contributed by atoms with Gasteiger partial charge in [-0.25, -0.2) is 4.99 Å². The van der Waals surface area contributed by atoms with E-state index in [0.29, 0.717) is 6.61 Å². The van der Waals surface area contributed by atoms with E-state index >= 15 is 0 Å². The van der Waals surface area contributed by atoms with Gasteiger partial charge >= 0.3 is 0 Å². The van der Waals surface area contributed by atoms with Crippen LogP contribution in [-0.2, 0) is 11.2 Å². The number of aromatic nitrogens is 1. The third-order valence-corrected chi connectivity index (χ3v) is 3.91. The van der Waals surface area contributed by atoms with Gasteiger partial charge in [0.15, 0.2) is 0 Å². The molecule has 2 heterocycles. The second-order valence-electron chi connectivity index (χ2n) is 6.21. The molecular weight excluding hydrogens is 304 g/mol. The van der Waals surface area contributed by atoms with Crippen LogP contribution in [-0.4, -0.2) is 30.3 Å². The highest BCUT2D eigenvalue weighted by atomic mass is 16.5. The number of hydrogen-bond acceptors (Lipinski definition) is 5. The summed E-state index contributed by atoms with van der Waals surface area (Å²) in [5, 5.41) is 3.89. The highest BCUT2D eigenvalue weighted by Gasteiger charge is 2.15. The summed E-state index contributed by atoms with van der Waals surface area (Å²) in [5.74, 6) is 2.59. The SMILES string of the molecule is Cc1cc(CCCCCOc2ccc(C3=N[C@@H](C)CO3)cc2)on1. The van der Waals surface area contributed by atoms with E-state index in [9.17, 15) is 0 Å². The van der Waals surface area contributed by atoms with Crippen LogP contribution in [0.2, 0.25) is 0 Å². The van der Waals surface area contributed by atoms with E-state index in [-0.39, 0.29) is 6.04 Å². The van der Waals surface area contributed by atoms with Crippen molar-refractivity contribution in [2.75, 3.05) is 13.2 Å². The third-order valence-electron chi connectivity index (χ3n) is 3.91. The summed E-state index contributed by atoms with van der Waals surface area (Å²) < 4.78 is 16.5. The van der Waals surface area contributed by atoms with Crippen molar-refractivity contribution in [3.8, 4) is 5.75 Å². The van der Waals surface area contributed by atoms with Crippen LogP contribution >= 0.6 is 0 Å². The van der Waals surface area contributed by atoms with Crippen molar-refractivity contribution in [3.05, 3.63) is 47.3 Å². The monoisotopic (exact) mass is 328 g/mol. The van der Waals surface area contributed by atoms with Crippen molar-refractivity contribution in [2.45, 2.75) is 45.6 Å². The van der Waals surface area contributed by atoms with Crippen molar-refractivity contribution in [1.82, 2.24) is 5.16 Å². The molecule has 0 saturated heterocycles. The highest BCUT2D eigenvalue weighted by Crippen LogP contribution is 2.17. The van der Waals surface area contributed by atoms with Crippen LogP contribution in [0.25, 0.3) is 0 Å². The molecule has 0 unspecified atom stereocenters. The average molecular weight is 328 g/mol. The summed E-state index contributed by atoms with van der Waals surface area (Å²) in [5.41, 5.74) is 1.95. The molecule has 0 N–H and O–H groups in total. The molecule has 0 amide bonds. The Morgan fingerprint density at radius 3 is 2.67 bits per heavy atom. The van der Waals surface area contributed by atoms with Crippen LogP contribution < -0.4 is 4.74 Å². The Hall–Kier alpha value is -2.30. The van der Waals surface area contributed by atoms with Crippen LogP contribution in [0.15, 0.2) is 39.8 Å². The summed E-state index contributed by atoms with van der Waals surface area (Å²) in [6.07, 6.45) is 4.17. The van der Waals surface area contributed by atoms with E-state index < -0.39 is 0 Å². The lowest BCUT2D eigenvalue weighted by Crippen LogP contribution is -2.02. The molecule has 0 aliphatic carbocycles. The van der Waals surface area contributed by atoms with Gasteiger partial charge in [0.05, 0.1) is 18.3 Å². The summed E-state index contributed by atoms with van der Waals surface area (Å²) in [7, 11) is 0. The quantitative estimate of drug-likeness (QED) is 0.689. The highest BCUT2D eigenvalue weighted by molar-refractivity contribution is 5.95. The fraction of sp³-hybridized carbons (Fsp3) is 0.474. The minimum atomic E-state index is 0.247. The van der Waals surface area contributed by atoms with Gasteiger partial charge in [-0.15, -0.1) is 0 Å². The standard InChI is InChI=1S/C19H24N2O3/c1-14-12-18(24-21-14)6-4-3-5-11-22-17-9-7-16(8-10-17)19-20-15(2)13-23-19/h7-10,12,15H,3-6,11,13H2,1-2H3/t15-/m0/s1. The first-order chi connectivity index (χ1) is 11.7. The smallest absolute Gasteiger partial charge is 0.216 e. The maximum absolute atomic E-state index is 5.78. The van der Waals surface area contributed by atoms with Gasteiger partial charge in [-0.3, -0.25) is 0 Å². The van der Waals surface area contributed by atoms with Gasteiger partial charge in [0.2, 0.25) is 5.90 Å². The zero-order chi connectivity index (χ0) is 16.8. The number of ether oxygens (including phenoxy) is 2. The van der Waals surface area contributed by atoms with Crippen molar-refractivity contribution in [3.63, 3.8) is 0 Å². The molecule has 0 saturated carbocycles. The number of rotatable bonds is 8. The Morgan fingerprint density at radius 2 is 2.00 bits per heavy atom. The minimum absolute atomic E-state index is 0.247. The van der Waals surface area contributed by atoms with E-state index in [4.69, 9.17) is 14.0 Å². The van der Waals surface area contributed by atoms with Crippen molar-refractivity contribution >= 4 is 5.90 Å². The number of hydrogen-bond donors (Lipinski definition) is 0. The second kappa shape index (κ2) is 7.99. The molecule has 1 aliphatic heterocycles. The molecule has 1 atom stereocenters. The molecule has 24 heavy (non-hydrogen) atoms. The maximum atomic E-state index is 5.78. The Bertz CT molecular complexity index is 676. The number of benzene rings is 1. The largest absolute Gasteiger partial charge is 0.494 e. The van der Waals surface area contributed by atoms with Gasteiger partial charge in [-0.1, -0.05) is 5.16 Å². The van der Waals surface area contributed by atoms with Crippen molar-refractivity contribution < 1.29 is 14.0 Å². The fourth-order valence-electron chi connectivity index (χ4n) is 2.63. The summed E-state index contributed by atoms with van der Waals surface area (Å²) in [4.78, 5) is 4.45. The molecule has 1 aromatic carbocycles. The van der Waals surface area contributed by atoms with Crippen LogP contribution in [0, 0.1) is 6.92 Å². The Kier molecular flexibility index (Phi) is 5.51. The van der Waals surface area contributed by atoms with Gasteiger partial charge in [0, 0.05) is 18.1 Å². The third kappa shape index (κ3) is 4.60. The van der Waals surface area contributed by atoms with Gasteiger partial charge in [0.1, 0.15) is 18.1 Å². The molecule has 1 aromatic heterocycles. The van der Waals surface area contributed by atoms with Crippen LogP contribution in [0.1, 0.15) is 43.2 Å². The average Bonchev–Trinajstić information content (AvgIpc) is 3.20. The van der Waals surface area contributed by atoms with Gasteiger partial charge < -0.3 is 14.0 Å². The normalized spacial score (nSPS) is 16.8. The molecule has 2 aromatic rings. The minimum Gasteiger partial charge on any atom is -0.494 e. The molecule has 3 rings (SSSR count). The van der Waals surface area contributed by atoms with E-state index in [1.54, 1.807) is 0 Å². The maximum Gasteiger partial charge on any atom is 0.216 e. The summed E-state index contributed by atoms with van der Waals surface area (Å²) >= 11 is 0. The van der Waals surface area contributed by atoms with Crippen molar-refractivity contribution in [1.29, 1.82) is 0 Å². The molecule has 0 bridgehead atoms. The molecule has 0 spiro atoms. The lowest BCUT2D eigenvalue weighted by molar-refractivity contribution is 0.303. The van der Waals surface area contributed by atoms with Crippen LogP contribution in [0.4, 0.5) is 0 Å². The summed E-state index contributed by atoms with van der Waals surface area (Å²) in [6, 6.07) is 10.2. The predicted molar refractivity (Wildman–Crippen MR) is 92.7 cm³/mol. The number of aryl methyl sites for hydroxylation is 2. The fourth-order valence-corrected chi connectivity index (χ4v) is 2.63. The predicted octanol–water partition coefficient (Wildman–Crippen LogP) is 3.94. The first kappa shape index (κ1) is 16.6. The van der Waals surface area contributed by atoms with Crippen molar-refractivity contribution in [2.24, 2.45) is 4.99 Å². The van der Waals surface area contributed by atoms with E-state index in [0.717, 1.165) is 61.0 Å². The Morgan fingerprint density at radius 1 is 1.17 bits per heavy atom. The topological polar surface area (TPSA) is 56.9 Å². The molecule has 5 nitrogen and oxygen atoms in total. The number of nitrogens with zero attached hydrogens (tertiary/aromatic N) is 2. The Labute approximate surface area is 142 Å². The first-order valence-corrected chi connectivity index (χ1v) is 8.57. The molecule has 1 aliphatic rings. The van der Waals surface area contributed by atoms with E-state index in [1.165, 1.54) is 0 Å². The lowest BCUT2D eigenvalue weighted by atomic mass is 10.1. The number of aliphatic imine (C=N–C) groups is 1. The van der Waals surface area contributed by atoms with Gasteiger partial charge in [-0.2, -0.15) is 0 Å². The second-order valence-corrected chi connectivity index (χ2v) is 6.21. The first-order valence-electron chi connectivity index (χ1n) is 8.57. The van der Waals surface area contributed by atoms with Gasteiger partial charge in [-0.05, 0) is 57.4 Å². The van der Waals surface area contributed by atoms with Gasteiger partial charge in [0.25, 0.3) is 0 Å². The molecule has 0 fully saturated rings. The Balaban J connectivity index is 1.34. The zero-order valence-electron chi connectivity index (χ0n) is 14.3. The number of unbranched alkanes of at least 4 members (excludes halogenated alkanes) is 2. The summed E-state index contributed by atoms with van der Waals surface area (Å²) in [6.45, 7) is 5.39.